The second kappa shape index (κ2) is 7.85. The smallest absolute Gasteiger partial charge is 0.273 e. The SMILES string of the molecule is COC1(c2cc(OCc3ccccc3)cc([N+](=O)[O-])c2)CCOC(C)C1. The van der Waals surface area contributed by atoms with Crippen molar-refractivity contribution in [2.24, 2.45) is 0 Å². The molecule has 0 spiro atoms. The Bertz CT molecular complexity index is 764. The fraction of sp³-hybridized carbons (Fsp3) is 0.400. The van der Waals surface area contributed by atoms with Crippen LogP contribution in [0.4, 0.5) is 5.69 Å². The van der Waals surface area contributed by atoms with Gasteiger partial charge in [0.15, 0.2) is 0 Å². The number of methoxy groups -OCH3 is 1. The zero-order chi connectivity index (χ0) is 18.6. The molecule has 6 heteroatoms. The Morgan fingerprint density at radius 2 is 2.04 bits per heavy atom. The molecule has 1 fully saturated rings. The van der Waals surface area contributed by atoms with Crippen LogP contribution in [0.2, 0.25) is 0 Å². The van der Waals surface area contributed by atoms with E-state index in [2.05, 4.69) is 0 Å². The quantitative estimate of drug-likeness (QED) is 0.572. The summed E-state index contributed by atoms with van der Waals surface area (Å²) in [5.41, 5.74) is 1.16. The third-order valence-corrected chi connectivity index (χ3v) is 4.79. The van der Waals surface area contributed by atoms with E-state index in [0.29, 0.717) is 31.8 Å². The summed E-state index contributed by atoms with van der Waals surface area (Å²) in [7, 11) is 1.64. The summed E-state index contributed by atoms with van der Waals surface area (Å²) in [5.74, 6) is 0.466. The van der Waals surface area contributed by atoms with Crippen LogP contribution in [-0.2, 0) is 21.7 Å². The first-order valence-corrected chi connectivity index (χ1v) is 8.66. The summed E-state index contributed by atoms with van der Waals surface area (Å²) in [6.07, 6.45) is 1.31. The maximum Gasteiger partial charge on any atom is 0.273 e. The summed E-state index contributed by atoms with van der Waals surface area (Å²) in [4.78, 5) is 11.0. The Morgan fingerprint density at radius 1 is 1.27 bits per heavy atom. The third kappa shape index (κ3) is 4.03. The van der Waals surface area contributed by atoms with Crippen molar-refractivity contribution in [3.8, 4) is 5.75 Å². The lowest BCUT2D eigenvalue weighted by molar-refractivity contribution is -0.385. The van der Waals surface area contributed by atoms with Crippen LogP contribution in [0.15, 0.2) is 48.5 Å². The lowest BCUT2D eigenvalue weighted by Crippen LogP contribution is -2.39. The first-order valence-electron chi connectivity index (χ1n) is 8.66. The molecule has 2 aromatic rings. The van der Waals surface area contributed by atoms with E-state index in [0.717, 1.165) is 11.1 Å². The molecule has 0 bridgehead atoms. The van der Waals surface area contributed by atoms with Gasteiger partial charge in [-0.1, -0.05) is 30.3 Å². The Kier molecular flexibility index (Phi) is 5.54. The molecule has 1 saturated heterocycles. The monoisotopic (exact) mass is 357 g/mol. The lowest BCUT2D eigenvalue weighted by atomic mass is 9.83. The number of benzene rings is 2. The van der Waals surface area contributed by atoms with Gasteiger partial charge in [0.2, 0.25) is 0 Å². The average molecular weight is 357 g/mol. The van der Waals surface area contributed by atoms with Gasteiger partial charge in [-0.15, -0.1) is 0 Å². The summed E-state index contributed by atoms with van der Waals surface area (Å²) >= 11 is 0. The van der Waals surface area contributed by atoms with Crippen LogP contribution in [0.3, 0.4) is 0 Å². The molecule has 138 valence electrons. The Balaban J connectivity index is 1.92. The molecule has 1 aliphatic heterocycles. The predicted octanol–water partition coefficient (Wildman–Crippen LogP) is 4.21. The van der Waals surface area contributed by atoms with Crippen LogP contribution in [0.5, 0.6) is 5.75 Å². The van der Waals surface area contributed by atoms with Crippen LogP contribution in [0.25, 0.3) is 0 Å². The minimum atomic E-state index is -0.603. The van der Waals surface area contributed by atoms with E-state index in [1.165, 1.54) is 6.07 Å². The van der Waals surface area contributed by atoms with Crippen molar-refractivity contribution >= 4 is 5.69 Å². The molecule has 3 rings (SSSR count). The first-order chi connectivity index (χ1) is 12.5. The van der Waals surface area contributed by atoms with Gasteiger partial charge in [-0.25, -0.2) is 0 Å². The van der Waals surface area contributed by atoms with Gasteiger partial charge in [0.05, 0.1) is 29.3 Å². The van der Waals surface area contributed by atoms with Crippen LogP contribution in [0, 0.1) is 10.1 Å². The second-order valence-electron chi connectivity index (χ2n) is 6.58. The highest BCUT2D eigenvalue weighted by molar-refractivity contribution is 5.45. The van der Waals surface area contributed by atoms with Crippen molar-refractivity contribution in [2.45, 2.75) is 38.1 Å². The molecule has 0 radical (unpaired) electrons. The lowest BCUT2D eigenvalue weighted by Gasteiger charge is -2.39. The van der Waals surface area contributed by atoms with Gasteiger partial charge >= 0.3 is 0 Å². The number of nitrogens with zero attached hydrogens (tertiary/aromatic N) is 1. The maximum absolute atomic E-state index is 11.4. The van der Waals surface area contributed by atoms with Crippen molar-refractivity contribution in [1.29, 1.82) is 0 Å². The molecule has 6 nitrogen and oxygen atoms in total. The zero-order valence-electron chi connectivity index (χ0n) is 15.0. The predicted molar refractivity (Wildman–Crippen MR) is 97.2 cm³/mol. The number of nitro benzene ring substituents is 1. The molecule has 2 atom stereocenters. The highest BCUT2D eigenvalue weighted by Gasteiger charge is 2.38. The number of nitro groups is 1. The van der Waals surface area contributed by atoms with E-state index >= 15 is 0 Å². The fourth-order valence-corrected chi connectivity index (χ4v) is 3.39. The summed E-state index contributed by atoms with van der Waals surface area (Å²) < 4.78 is 17.3. The third-order valence-electron chi connectivity index (χ3n) is 4.79. The van der Waals surface area contributed by atoms with E-state index in [1.54, 1.807) is 13.2 Å². The van der Waals surface area contributed by atoms with Crippen LogP contribution in [0.1, 0.15) is 30.9 Å². The number of rotatable bonds is 6. The molecule has 0 N–H and O–H groups in total. The minimum Gasteiger partial charge on any atom is -0.489 e. The van der Waals surface area contributed by atoms with Gasteiger partial charge in [0, 0.05) is 26.0 Å². The topological polar surface area (TPSA) is 70.8 Å². The molecule has 0 saturated carbocycles. The van der Waals surface area contributed by atoms with Crippen LogP contribution in [-0.4, -0.2) is 24.7 Å². The van der Waals surface area contributed by atoms with Crippen molar-refractivity contribution in [1.82, 2.24) is 0 Å². The van der Waals surface area contributed by atoms with Crippen LogP contribution < -0.4 is 4.74 Å². The highest BCUT2D eigenvalue weighted by atomic mass is 16.6. The first kappa shape index (κ1) is 18.4. The Hall–Kier alpha value is -2.44. The van der Waals surface area contributed by atoms with Gasteiger partial charge in [-0.3, -0.25) is 10.1 Å². The van der Waals surface area contributed by atoms with Gasteiger partial charge in [0.1, 0.15) is 12.4 Å². The van der Waals surface area contributed by atoms with E-state index in [4.69, 9.17) is 14.2 Å². The molecular formula is C20H23NO5. The number of hydrogen-bond donors (Lipinski definition) is 0. The number of non-ortho nitro benzene ring substituents is 1. The molecular weight excluding hydrogens is 334 g/mol. The van der Waals surface area contributed by atoms with Crippen molar-refractivity contribution in [3.63, 3.8) is 0 Å². The van der Waals surface area contributed by atoms with Gasteiger partial charge < -0.3 is 14.2 Å². The van der Waals surface area contributed by atoms with Crippen LogP contribution >= 0.6 is 0 Å². The van der Waals surface area contributed by atoms with E-state index in [-0.39, 0.29) is 11.8 Å². The maximum atomic E-state index is 11.4. The molecule has 0 aliphatic carbocycles. The molecule has 1 aliphatic rings. The highest BCUT2D eigenvalue weighted by Crippen LogP contribution is 2.40. The Labute approximate surface area is 152 Å². The largest absolute Gasteiger partial charge is 0.489 e. The number of hydrogen-bond acceptors (Lipinski definition) is 5. The number of ether oxygens (including phenoxy) is 3. The van der Waals surface area contributed by atoms with Crippen molar-refractivity contribution in [3.05, 3.63) is 69.8 Å². The van der Waals surface area contributed by atoms with Gasteiger partial charge in [-0.05, 0) is 24.1 Å². The minimum absolute atomic E-state index is 0.00105. The Morgan fingerprint density at radius 3 is 2.69 bits per heavy atom. The zero-order valence-corrected chi connectivity index (χ0v) is 15.0. The summed E-state index contributed by atoms with van der Waals surface area (Å²) in [6.45, 7) is 2.88. The molecule has 1 heterocycles. The summed E-state index contributed by atoms with van der Waals surface area (Å²) in [5, 5.41) is 11.4. The molecule has 26 heavy (non-hydrogen) atoms. The summed E-state index contributed by atoms with van der Waals surface area (Å²) in [6, 6.07) is 14.6. The fourth-order valence-electron chi connectivity index (χ4n) is 3.39. The van der Waals surface area contributed by atoms with Gasteiger partial charge in [-0.2, -0.15) is 0 Å². The average Bonchev–Trinajstić information content (AvgIpc) is 2.66. The standard InChI is InChI=1S/C20H23NO5/c1-15-13-20(24-2,8-9-25-15)17-10-18(21(22)23)12-19(11-17)26-14-16-6-4-3-5-7-16/h3-7,10-12,15H,8-9,13-14H2,1-2H3. The van der Waals surface area contributed by atoms with E-state index in [9.17, 15) is 10.1 Å². The van der Waals surface area contributed by atoms with Gasteiger partial charge in [0.25, 0.3) is 5.69 Å². The molecule has 2 unspecified atom stereocenters. The van der Waals surface area contributed by atoms with Crippen molar-refractivity contribution in [2.75, 3.05) is 13.7 Å². The molecule has 0 amide bonds. The molecule has 0 aromatic heterocycles. The van der Waals surface area contributed by atoms with E-state index < -0.39 is 10.5 Å². The second-order valence-corrected chi connectivity index (χ2v) is 6.58. The van der Waals surface area contributed by atoms with Crippen molar-refractivity contribution < 1.29 is 19.1 Å². The normalized spacial score (nSPS) is 22.8. The molecule has 2 aromatic carbocycles. The van der Waals surface area contributed by atoms with E-state index in [1.807, 2.05) is 43.3 Å².